The summed E-state index contributed by atoms with van der Waals surface area (Å²) in [4.78, 5) is 0.500. The minimum atomic E-state index is 0.500. The Morgan fingerprint density at radius 2 is 1.79 bits per heavy atom. The van der Waals surface area contributed by atoms with Crippen molar-refractivity contribution in [3.8, 4) is 5.75 Å². The summed E-state index contributed by atoms with van der Waals surface area (Å²) in [5, 5.41) is 0. The van der Waals surface area contributed by atoms with Crippen LogP contribution in [0.15, 0.2) is 24.3 Å². The van der Waals surface area contributed by atoms with E-state index in [4.69, 9.17) is 4.74 Å². The van der Waals surface area contributed by atoms with Crippen LogP contribution >= 0.6 is 15.9 Å². The molecule has 1 rings (SSSR count). The zero-order chi connectivity index (χ0) is 10.6. The smallest absolute Gasteiger partial charge is 0.119 e. The Morgan fingerprint density at radius 3 is 2.21 bits per heavy atom. The maximum absolute atomic E-state index is 5.39. The van der Waals surface area contributed by atoms with Crippen LogP contribution in [0.2, 0.25) is 0 Å². The first-order valence-corrected chi connectivity index (χ1v) is 5.93. The van der Waals surface area contributed by atoms with Crippen LogP contribution in [0.3, 0.4) is 0 Å². The maximum Gasteiger partial charge on any atom is 0.119 e. The molecule has 14 heavy (non-hydrogen) atoms. The molecule has 0 spiro atoms. The van der Waals surface area contributed by atoms with Crippen LogP contribution in [-0.4, -0.2) is 11.4 Å². The van der Waals surface area contributed by atoms with Gasteiger partial charge in [-0.2, -0.15) is 0 Å². The maximum atomic E-state index is 5.39. The van der Waals surface area contributed by atoms with Crippen molar-refractivity contribution in [3.63, 3.8) is 0 Å². The predicted molar refractivity (Wildman–Crippen MR) is 64.4 cm³/mol. The molecule has 2 unspecified atom stereocenters. The molecule has 0 radical (unpaired) electrons. The molecule has 0 saturated carbocycles. The molecule has 0 heterocycles. The second-order valence-electron chi connectivity index (χ2n) is 3.47. The van der Waals surface area contributed by atoms with E-state index in [9.17, 15) is 0 Å². The van der Waals surface area contributed by atoms with E-state index >= 15 is 0 Å². The highest BCUT2D eigenvalue weighted by Crippen LogP contribution is 2.25. The first-order chi connectivity index (χ1) is 6.65. The van der Waals surface area contributed by atoms with Gasteiger partial charge in [-0.05, 0) is 30.5 Å². The van der Waals surface area contributed by atoms with Gasteiger partial charge in [0, 0.05) is 4.83 Å². The number of hydrogen-bond acceptors (Lipinski definition) is 1. The molecule has 78 valence electrons. The van der Waals surface area contributed by atoms with Gasteiger partial charge in [-0.15, -0.1) is 0 Å². The lowest BCUT2D eigenvalue weighted by Gasteiger charge is -2.14. The summed E-state index contributed by atoms with van der Waals surface area (Å²) in [7, 11) is 0. The molecule has 1 nitrogen and oxygen atoms in total. The Kier molecular flexibility index (Phi) is 4.46. The molecule has 0 aliphatic carbocycles. The van der Waals surface area contributed by atoms with E-state index in [1.165, 1.54) is 5.56 Å². The number of ether oxygens (including phenoxy) is 1. The zero-order valence-corrected chi connectivity index (χ0v) is 10.5. The van der Waals surface area contributed by atoms with Crippen molar-refractivity contribution in [2.45, 2.75) is 31.5 Å². The Balaban J connectivity index is 2.72. The minimum absolute atomic E-state index is 0.500. The van der Waals surface area contributed by atoms with Crippen molar-refractivity contribution >= 4 is 15.9 Å². The van der Waals surface area contributed by atoms with Gasteiger partial charge in [0.25, 0.3) is 0 Å². The van der Waals surface area contributed by atoms with Crippen molar-refractivity contribution in [2.75, 3.05) is 6.61 Å². The average molecular weight is 257 g/mol. The number of rotatable bonds is 4. The van der Waals surface area contributed by atoms with Crippen LogP contribution in [0.4, 0.5) is 0 Å². The molecule has 1 aromatic carbocycles. The molecule has 0 aliphatic rings. The van der Waals surface area contributed by atoms with E-state index in [0.717, 1.165) is 12.4 Å². The number of hydrogen-bond donors (Lipinski definition) is 0. The predicted octanol–water partition coefficient (Wildman–Crippen LogP) is 3.97. The van der Waals surface area contributed by atoms with Crippen LogP contribution in [0.25, 0.3) is 0 Å². The molecule has 2 heteroatoms. The molecule has 0 saturated heterocycles. The molecular formula is C12H17BrO. The largest absolute Gasteiger partial charge is 0.494 e. The highest BCUT2D eigenvalue weighted by molar-refractivity contribution is 9.09. The Hall–Kier alpha value is -0.500. The monoisotopic (exact) mass is 256 g/mol. The third-order valence-corrected chi connectivity index (χ3v) is 3.20. The topological polar surface area (TPSA) is 9.23 Å². The van der Waals surface area contributed by atoms with E-state index in [0.29, 0.717) is 10.7 Å². The van der Waals surface area contributed by atoms with E-state index in [1.807, 2.05) is 19.1 Å². The summed E-state index contributed by atoms with van der Waals surface area (Å²) >= 11 is 3.59. The molecule has 1 aromatic rings. The molecule has 0 aromatic heterocycles. The second kappa shape index (κ2) is 5.40. The summed E-state index contributed by atoms with van der Waals surface area (Å²) in [5.41, 5.74) is 1.35. The molecule has 0 bridgehead atoms. The summed E-state index contributed by atoms with van der Waals surface area (Å²) in [6.07, 6.45) is 0. The molecular weight excluding hydrogens is 240 g/mol. The van der Waals surface area contributed by atoms with E-state index in [1.54, 1.807) is 0 Å². The van der Waals surface area contributed by atoms with Crippen molar-refractivity contribution in [3.05, 3.63) is 29.8 Å². The van der Waals surface area contributed by atoms with Crippen LogP contribution < -0.4 is 4.74 Å². The third-order valence-electron chi connectivity index (χ3n) is 2.41. The molecule has 2 atom stereocenters. The van der Waals surface area contributed by atoms with Crippen LogP contribution in [0.1, 0.15) is 32.3 Å². The Morgan fingerprint density at radius 1 is 1.21 bits per heavy atom. The fraction of sp³-hybridized carbons (Fsp3) is 0.500. The van der Waals surface area contributed by atoms with Gasteiger partial charge in [-0.25, -0.2) is 0 Å². The van der Waals surface area contributed by atoms with Crippen molar-refractivity contribution in [2.24, 2.45) is 0 Å². The standard InChI is InChI=1S/C12H17BrO/c1-4-14-12-7-5-11(6-8-12)9(2)10(3)13/h5-10H,4H2,1-3H3. The van der Waals surface area contributed by atoms with Gasteiger partial charge in [0.2, 0.25) is 0 Å². The quantitative estimate of drug-likeness (QED) is 0.741. The van der Waals surface area contributed by atoms with Crippen molar-refractivity contribution in [1.82, 2.24) is 0 Å². The first-order valence-electron chi connectivity index (χ1n) is 5.02. The molecule has 0 fully saturated rings. The second-order valence-corrected chi connectivity index (χ2v) is 4.91. The van der Waals surface area contributed by atoms with Gasteiger partial charge in [0.1, 0.15) is 5.75 Å². The fourth-order valence-corrected chi connectivity index (χ4v) is 1.60. The molecule has 0 N–H and O–H groups in total. The Bertz CT molecular complexity index is 266. The van der Waals surface area contributed by atoms with E-state index in [-0.39, 0.29) is 0 Å². The summed E-state index contributed by atoms with van der Waals surface area (Å²) in [6.45, 7) is 7.11. The van der Waals surface area contributed by atoms with Gasteiger partial charge in [-0.1, -0.05) is 41.9 Å². The van der Waals surface area contributed by atoms with E-state index in [2.05, 4.69) is 41.9 Å². The summed E-state index contributed by atoms with van der Waals surface area (Å²) < 4.78 is 5.39. The number of benzene rings is 1. The van der Waals surface area contributed by atoms with Gasteiger partial charge in [0.05, 0.1) is 6.61 Å². The summed E-state index contributed by atoms with van der Waals surface area (Å²) in [6, 6.07) is 8.33. The van der Waals surface area contributed by atoms with Crippen molar-refractivity contribution < 1.29 is 4.74 Å². The van der Waals surface area contributed by atoms with Crippen LogP contribution in [0.5, 0.6) is 5.75 Å². The zero-order valence-electron chi connectivity index (χ0n) is 8.96. The number of alkyl halides is 1. The third kappa shape index (κ3) is 3.02. The highest BCUT2D eigenvalue weighted by Gasteiger charge is 2.10. The van der Waals surface area contributed by atoms with Gasteiger partial charge >= 0.3 is 0 Å². The first kappa shape index (κ1) is 11.6. The normalized spacial score (nSPS) is 14.9. The SMILES string of the molecule is CCOc1ccc(C(C)C(C)Br)cc1. The lowest BCUT2D eigenvalue weighted by Crippen LogP contribution is -2.04. The average Bonchev–Trinajstić information content (AvgIpc) is 2.18. The van der Waals surface area contributed by atoms with Crippen LogP contribution in [-0.2, 0) is 0 Å². The summed E-state index contributed by atoms with van der Waals surface area (Å²) in [5.74, 6) is 1.48. The number of halogens is 1. The molecule has 0 aliphatic heterocycles. The fourth-order valence-electron chi connectivity index (χ4n) is 1.30. The highest BCUT2D eigenvalue weighted by atomic mass is 79.9. The minimum Gasteiger partial charge on any atom is -0.494 e. The van der Waals surface area contributed by atoms with Gasteiger partial charge in [-0.3, -0.25) is 0 Å². The van der Waals surface area contributed by atoms with Crippen LogP contribution in [0, 0.1) is 0 Å². The van der Waals surface area contributed by atoms with Gasteiger partial charge < -0.3 is 4.74 Å². The molecule has 0 amide bonds. The lowest BCUT2D eigenvalue weighted by atomic mass is 9.99. The Labute approximate surface area is 94.6 Å². The van der Waals surface area contributed by atoms with Gasteiger partial charge in [0.15, 0.2) is 0 Å². The van der Waals surface area contributed by atoms with Crippen molar-refractivity contribution in [1.29, 1.82) is 0 Å². The van der Waals surface area contributed by atoms with E-state index < -0.39 is 0 Å². The lowest BCUT2D eigenvalue weighted by molar-refractivity contribution is 0.340.